The van der Waals surface area contributed by atoms with E-state index in [1.54, 1.807) is 18.6 Å². The molecule has 0 atom stereocenters. The van der Waals surface area contributed by atoms with Crippen molar-refractivity contribution >= 4 is 5.82 Å². The number of anilines is 1. The van der Waals surface area contributed by atoms with E-state index in [2.05, 4.69) is 9.97 Å². The van der Waals surface area contributed by atoms with Crippen LogP contribution in [0.5, 0.6) is 0 Å². The molecule has 0 bridgehead atoms. The third-order valence-corrected chi connectivity index (χ3v) is 1.21. The summed E-state index contributed by atoms with van der Waals surface area (Å²) in [4.78, 5) is 9.74. The van der Waals surface area contributed by atoms with Gasteiger partial charge in [-0.1, -0.05) is 0 Å². The third kappa shape index (κ3) is 1.41. The van der Waals surface area contributed by atoms with Crippen LogP contribution in [0.4, 0.5) is 5.82 Å². The van der Waals surface area contributed by atoms with E-state index in [4.69, 9.17) is 5.73 Å². The Hall–Kier alpha value is -1.16. The Bertz CT molecular complexity index is 186. The first kappa shape index (κ1) is 6.95. The summed E-state index contributed by atoms with van der Waals surface area (Å²) in [5.74, 6) is 0.796. The number of nitrogens with zero attached hydrogens (tertiary/aromatic N) is 3. The van der Waals surface area contributed by atoms with Crippen LogP contribution in [0.15, 0.2) is 18.6 Å². The zero-order chi connectivity index (χ0) is 7.40. The van der Waals surface area contributed by atoms with Crippen molar-refractivity contribution in [3.8, 4) is 0 Å². The fourth-order valence-electron chi connectivity index (χ4n) is 0.582. The van der Waals surface area contributed by atoms with Gasteiger partial charge in [-0.15, -0.1) is 0 Å². The largest absolute Gasteiger partial charge is 0.346 e. The van der Waals surface area contributed by atoms with Crippen LogP contribution in [0.2, 0.25) is 0 Å². The summed E-state index contributed by atoms with van der Waals surface area (Å²) in [6, 6.07) is 0. The Balaban J connectivity index is 2.75. The Morgan fingerprint density at radius 1 is 1.60 bits per heavy atom. The van der Waals surface area contributed by atoms with Gasteiger partial charge in [0.25, 0.3) is 0 Å². The highest BCUT2D eigenvalue weighted by molar-refractivity contribution is 5.32. The molecule has 0 aliphatic heterocycles. The zero-order valence-corrected chi connectivity index (χ0v) is 5.86. The minimum Gasteiger partial charge on any atom is -0.346 e. The van der Waals surface area contributed by atoms with Gasteiger partial charge < -0.3 is 10.6 Å². The molecule has 0 saturated heterocycles. The highest BCUT2D eigenvalue weighted by Crippen LogP contribution is 2.00. The van der Waals surface area contributed by atoms with E-state index in [9.17, 15) is 0 Å². The third-order valence-electron chi connectivity index (χ3n) is 1.21. The van der Waals surface area contributed by atoms with Gasteiger partial charge in [-0.2, -0.15) is 0 Å². The molecule has 1 aromatic rings. The smallest absolute Gasteiger partial charge is 0.147 e. The second-order valence-corrected chi connectivity index (χ2v) is 1.94. The van der Waals surface area contributed by atoms with Gasteiger partial charge in [0.15, 0.2) is 0 Å². The van der Waals surface area contributed by atoms with Crippen LogP contribution < -0.4 is 10.6 Å². The van der Waals surface area contributed by atoms with Crippen LogP contribution in [0.3, 0.4) is 0 Å². The molecule has 0 aliphatic carbocycles. The van der Waals surface area contributed by atoms with E-state index in [-0.39, 0.29) is 0 Å². The first-order chi connectivity index (χ1) is 4.84. The van der Waals surface area contributed by atoms with Crippen LogP contribution in [0.1, 0.15) is 0 Å². The Kier molecular flexibility index (Phi) is 2.17. The molecular formula is C6H10N4. The van der Waals surface area contributed by atoms with Gasteiger partial charge in [0.2, 0.25) is 0 Å². The van der Waals surface area contributed by atoms with Crippen LogP contribution in [-0.2, 0) is 0 Å². The first-order valence-corrected chi connectivity index (χ1v) is 3.02. The second kappa shape index (κ2) is 3.12. The average molecular weight is 138 g/mol. The number of aromatic nitrogens is 2. The monoisotopic (exact) mass is 138 g/mol. The molecule has 0 amide bonds. The van der Waals surface area contributed by atoms with Crippen molar-refractivity contribution in [3.05, 3.63) is 18.6 Å². The van der Waals surface area contributed by atoms with Gasteiger partial charge in [-0.25, -0.2) is 4.98 Å². The Morgan fingerprint density at radius 2 is 2.40 bits per heavy atom. The average Bonchev–Trinajstić information content (AvgIpc) is 2.05. The van der Waals surface area contributed by atoms with Crippen molar-refractivity contribution in [2.75, 3.05) is 18.6 Å². The van der Waals surface area contributed by atoms with Gasteiger partial charge in [-0.3, -0.25) is 4.98 Å². The highest BCUT2D eigenvalue weighted by atomic mass is 15.2. The molecule has 0 saturated carbocycles. The fourth-order valence-corrected chi connectivity index (χ4v) is 0.582. The molecule has 2 N–H and O–H groups in total. The molecule has 0 aromatic carbocycles. The molecule has 4 heteroatoms. The number of hydrogen-bond donors (Lipinski definition) is 1. The van der Waals surface area contributed by atoms with Crippen molar-refractivity contribution in [1.82, 2.24) is 9.97 Å². The van der Waals surface area contributed by atoms with E-state index >= 15 is 0 Å². The molecular weight excluding hydrogens is 128 g/mol. The number of rotatable bonds is 2. The maximum absolute atomic E-state index is 5.36. The van der Waals surface area contributed by atoms with E-state index < -0.39 is 0 Å². The zero-order valence-electron chi connectivity index (χ0n) is 5.86. The summed E-state index contributed by atoms with van der Waals surface area (Å²) < 4.78 is 0. The summed E-state index contributed by atoms with van der Waals surface area (Å²) >= 11 is 0. The quantitative estimate of drug-likeness (QED) is 0.576. The second-order valence-electron chi connectivity index (χ2n) is 1.94. The standard InChI is InChI=1S/C6H10N4/c1-10(5-7)6-4-8-2-3-9-6/h2-4H,5,7H2,1H3. The molecule has 0 radical (unpaired) electrons. The van der Waals surface area contributed by atoms with Crippen molar-refractivity contribution in [2.45, 2.75) is 0 Å². The van der Waals surface area contributed by atoms with Crippen LogP contribution in [-0.4, -0.2) is 23.7 Å². The lowest BCUT2D eigenvalue weighted by molar-refractivity contribution is 0.900. The van der Waals surface area contributed by atoms with Crippen LogP contribution >= 0.6 is 0 Å². The van der Waals surface area contributed by atoms with Crippen molar-refractivity contribution in [1.29, 1.82) is 0 Å². The predicted molar refractivity (Wildman–Crippen MR) is 39.5 cm³/mol. The predicted octanol–water partition coefficient (Wildman–Crippen LogP) is -0.171. The molecule has 1 aromatic heterocycles. The van der Waals surface area contributed by atoms with E-state index in [0.29, 0.717) is 6.67 Å². The lowest BCUT2D eigenvalue weighted by Crippen LogP contribution is -2.25. The van der Waals surface area contributed by atoms with Gasteiger partial charge >= 0.3 is 0 Å². The van der Waals surface area contributed by atoms with E-state index in [0.717, 1.165) is 5.82 Å². The van der Waals surface area contributed by atoms with E-state index in [1.807, 2.05) is 11.9 Å². The van der Waals surface area contributed by atoms with Gasteiger partial charge in [-0.05, 0) is 0 Å². The minimum atomic E-state index is 0.457. The molecule has 10 heavy (non-hydrogen) atoms. The summed E-state index contributed by atoms with van der Waals surface area (Å²) in [5.41, 5.74) is 5.36. The molecule has 54 valence electrons. The van der Waals surface area contributed by atoms with Crippen LogP contribution in [0.25, 0.3) is 0 Å². The maximum Gasteiger partial charge on any atom is 0.147 e. The Morgan fingerprint density at radius 3 is 2.90 bits per heavy atom. The normalized spacial score (nSPS) is 9.40. The van der Waals surface area contributed by atoms with Gasteiger partial charge in [0, 0.05) is 19.4 Å². The van der Waals surface area contributed by atoms with Crippen molar-refractivity contribution < 1.29 is 0 Å². The lowest BCUT2D eigenvalue weighted by atomic mass is 10.6. The number of nitrogens with two attached hydrogens (primary N) is 1. The molecule has 0 fully saturated rings. The summed E-state index contributed by atoms with van der Waals surface area (Å²) in [6.07, 6.45) is 4.95. The Labute approximate surface area is 59.7 Å². The molecule has 4 nitrogen and oxygen atoms in total. The summed E-state index contributed by atoms with van der Waals surface area (Å²) in [5, 5.41) is 0. The maximum atomic E-state index is 5.36. The molecule has 1 heterocycles. The SMILES string of the molecule is CN(CN)c1cnccn1. The van der Waals surface area contributed by atoms with Crippen LogP contribution in [0, 0.1) is 0 Å². The van der Waals surface area contributed by atoms with Gasteiger partial charge in [0.05, 0.1) is 12.9 Å². The van der Waals surface area contributed by atoms with E-state index in [1.165, 1.54) is 0 Å². The van der Waals surface area contributed by atoms with Crippen molar-refractivity contribution in [3.63, 3.8) is 0 Å². The van der Waals surface area contributed by atoms with Gasteiger partial charge in [0.1, 0.15) is 5.82 Å². The topological polar surface area (TPSA) is 55.0 Å². The number of hydrogen-bond acceptors (Lipinski definition) is 4. The molecule has 0 unspecified atom stereocenters. The first-order valence-electron chi connectivity index (χ1n) is 3.02. The fraction of sp³-hybridized carbons (Fsp3) is 0.333. The highest BCUT2D eigenvalue weighted by Gasteiger charge is 1.95. The summed E-state index contributed by atoms with van der Waals surface area (Å²) in [7, 11) is 1.87. The molecule has 0 spiro atoms. The molecule has 1 rings (SSSR count). The summed E-state index contributed by atoms with van der Waals surface area (Å²) in [6.45, 7) is 0.457. The lowest BCUT2D eigenvalue weighted by Gasteiger charge is -2.13. The minimum absolute atomic E-state index is 0.457. The molecule has 0 aliphatic rings. The van der Waals surface area contributed by atoms with Crippen molar-refractivity contribution in [2.24, 2.45) is 5.73 Å².